The van der Waals surface area contributed by atoms with E-state index in [4.69, 9.17) is 0 Å². The predicted molar refractivity (Wildman–Crippen MR) is 124 cm³/mol. The zero-order valence-corrected chi connectivity index (χ0v) is 18.6. The molecule has 3 aromatic carbocycles. The van der Waals surface area contributed by atoms with E-state index in [1.54, 1.807) is 49.4 Å². The average molecular weight is 436 g/mol. The van der Waals surface area contributed by atoms with Crippen molar-refractivity contribution in [1.29, 1.82) is 0 Å². The van der Waals surface area contributed by atoms with Gasteiger partial charge in [-0.3, -0.25) is 9.10 Å². The Morgan fingerprint density at radius 3 is 2.10 bits per heavy atom. The van der Waals surface area contributed by atoms with Crippen LogP contribution < -0.4 is 9.73 Å². The highest BCUT2D eigenvalue weighted by Gasteiger charge is 2.28. The number of amides is 1. The van der Waals surface area contributed by atoms with Crippen LogP contribution in [0.5, 0.6) is 0 Å². The fourth-order valence-corrected chi connectivity index (χ4v) is 4.46. The number of hydrazone groups is 1. The number of nitrogens with one attached hydrogen (secondary N) is 1. The van der Waals surface area contributed by atoms with E-state index in [9.17, 15) is 13.2 Å². The number of rotatable bonds is 7. The quantitative estimate of drug-likeness (QED) is 0.451. The van der Waals surface area contributed by atoms with Crippen LogP contribution >= 0.6 is 0 Å². The maximum absolute atomic E-state index is 13.4. The van der Waals surface area contributed by atoms with Gasteiger partial charge in [0.2, 0.25) is 0 Å². The van der Waals surface area contributed by atoms with Gasteiger partial charge in [0.15, 0.2) is 0 Å². The van der Waals surface area contributed by atoms with Crippen LogP contribution in [0.1, 0.15) is 22.3 Å². The molecule has 0 atom stereocenters. The Morgan fingerprint density at radius 1 is 0.903 bits per heavy atom. The first kappa shape index (κ1) is 22.2. The van der Waals surface area contributed by atoms with E-state index in [0.717, 1.165) is 26.6 Å². The number of sulfonamides is 1. The summed E-state index contributed by atoms with van der Waals surface area (Å²) in [4.78, 5) is 12.7. The molecule has 0 aliphatic carbocycles. The summed E-state index contributed by atoms with van der Waals surface area (Å²) in [7, 11) is -3.95. The van der Waals surface area contributed by atoms with Crippen molar-refractivity contribution >= 4 is 27.8 Å². The first-order valence-electron chi connectivity index (χ1n) is 9.81. The molecule has 3 aromatic rings. The molecular formula is C24H25N3O3S. The van der Waals surface area contributed by atoms with Gasteiger partial charge in [-0.25, -0.2) is 13.8 Å². The molecule has 0 saturated carbocycles. The van der Waals surface area contributed by atoms with Gasteiger partial charge < -0.3 is 0 Å². The molecule has 0 unspecified atom stereocenters. The Bertz CT molecular complexity index is 1190. The minimum absolute atomic E-state index is 0.123. The van der Waals surface area contributed by atoms with Gasteiger partial charge in [0.05, 0.1) is 16.8 Å². The third-order valence-electron chi connectivity index (χ3n) is 4.76. The Balaban J connectivity index is 1.85. The predicted octanol–water partition coefficient (Wildman–Crippen LogP) is 3.96. The van der Waals surface area contributed by atoms with Crippen LogP contribution in [-0.2, 0) is 14.8 Å². The molecule has 0 radical (unpaired) electrons. The molecule has 0 aliphatic rings. The van der Waals surface area contributed by atoms with Gasteiger partial charge in [-0.15, -0.1) is 0 Å². The van der Waals surface area contributed by atoms with Crippen molar-refractivity contribution in [3.8, 4) is 0 Å². The second-order valence-electron chi connectivity index (χ2n) is 7.32. The van der Waals surface area contributed by atoms with Gasteiger partial charge in [0.1, 0.15) is 6.54 Å². The number of aryl methyl sites for hydroxylation is 3. The summed E-state index contributed by atoms with van der Waals surface area (Å²) in [5, 5.41) is 3.96. The summed E-state index contributed by atoms with van der Waals surface area (Å²) in [5.41, 5.74) is 6.51. The number of para-hydroxylation sites is 1. The van der Waals surface area contributed by atoms with Crippen LogP contribution in [0.2, 0.25) is 0 Å². The van der Waals surface area contributed by atoms with Gasteiger partial charge in [-0.2, -0.15) is 5.10 Å². The van der Waals surface area contributed by atoms with Crippen molar-refractivity contribution in [1.82, 2.24) is 5.43 Å². The number of carbonyl (C=O) groups excluding carboxylic acids is 1. The van der Waals surface area contributed by atoms with E-state index in [2.05, 4.69) is 10.5 Å². The van der Waals surface area contributed by atoms with Gasteiger partial charge in [-0.05, 0) is 50.1 Å². The lowest BCUT2D eigenvalue weighted by Crippen LogP contribution is -2.40. The fraction of sp³-hybridized carbons (Fsp3) is 0.167. The average Bonchev–Trinajstić information content (AvgIpc) is 2.74. The van der Waals surface area contributed by atoms with Crippen LogP contribution in [0.4, 0.5) is 5.69 Å². The van der Waals surface area contributed by atoms with Crippen LogP contribution in [0.25, 0.3) is 0 Å². The minimum atomic E-state index is -3.95. The van der Waals surface area contributed by atoms with Crippen molar-refractivity contribution in [3.05, 3.63) is 95.1 Å². The van der Waals surface area contributed by atoms with Crippen LogP contribution in [0.15, 0.2) is 82.8 Å². The molecule has 7 heteroatoms. The molecule has 0 aliphatic heterocycles. The molecule has 3 rings (SSSR count). The SMILES string of the molecule is Cc1ccc(/C=N\NC(=O)CN(c2ccccc2C)S(=O)(=O)c2ccc(C)cc2)cc1. The molecule has 0 aromatic heterocycles. The molecule has 0 spiro atoms. The summed E-state index contributed by atoms with van der Waals surface area (Å²) in [6.07, 6.45) is 1.52. The first-order valence-corrected chi connectivity index (χ1v) is 11.2. The number of anilines is 1. The molecule has 1 N–H and O–H groups in total. The second kappa shape index (κ2) is 9.57. The number of benzene rings is 3. The highest BCUT2D eigenvalue weighted by Crippen LogP contribution is 2.26. The van der Waals surface area contributed by atoms with Crippen LogP contribution in [0.3, 0.4) is 0 Å². The highest BCUT2D eigenvalue weighted by atomic mass is 32.2. The van der Waals surface area contributed by atoms with Crippen molar-refractivity contribution in [2.45, 2.75) is 25.7 Å². The van der Waals surface area contributed by atoms with Gasteiger partial charge in [0, 0.05) is 0 Å². The first-order chi connectivity index (χ1) is 14.8. The summed E-state index contributed by atoms with van der Waals surface area (Å²) in [5.74, 6) is -0.540. The fourth-order valence-electron chi connectivity index (χ4n) is 2.98. The highest BCUT2D eigenvalue weighted by molar-refractivity contribution is 7.92. The Labute approximate surface area is 183 Å². The minimum Gasteiger partial charge on any atom is -0.271 e. The van der Waals surface area contributed by atoms with E-state index in [0.29, 0.717) is 5.69 Å². The molecule has 0 fully saturated rings. The van der Waals surface area contributed by atoms with Gasteiger partial charge >= 0.3 is 0 Å². The molecule has 0 saturated heterocycles. The van der Waals surface area contributed by atoms with Gasteiger partial charge in [0.25, 0.3) is 15.9 Å². The lowest BCUT2D eigenvalue weighted by molar-refractivity contribution is -0.119. The van der Waals surface area contributed by atoms with Crippen LogP contribution in [-0.4, -0.2) is 27.1 Å². The van der Waals surface area contributed by atoms with Crippen molar-refractivity contribution in [2.24, 2.45) is 5.10 Å². The van der Waals surface area contributed by atoms with Crippen LogP contribution in [0, 0.1) is 20.8 Å². The largest absolute Gasteiger partial charge is 0.271 e. The smallest absolute Gasteiger partial charge is 0.264 e. The van der Waals surface area contributed by atoms with Crippen molar-refractivity contribution < 1.29 is 13.2 Å². The Morgan fingerprint density at radius 2 is 1.48 bits per heavy atom. The third-order valence-corrected chi connectivity index (χ3v) is 6.53. The zero-order valence-electron chi connectivity index (χ0n) is 17.7. The summed E-state index contributed by atoms with van der Waals surface area (Å²) in [6, 6.07) is 21.3. The molecule has 0 heterocycles. The maximum Gasteiger partial charge on any atom is 0.264 e. The monoisotopic (exact) mass is 435 g/mol. The van der Waals surface area contributed by atoms with E-state index in [1.807, 2.05) is 44.2 Å². The van der Waals surface area contributed by atoms with E-state index >= 15 is 0 Å². The number of carbonyl (C=O) groups is 1. The molecular weight excluding hydrogens is 410 g/mol. The Kier molecular flexibility index (Phi) is 6.87. The maximum atomic E-state index is 13.4. The number of hydrogen-bond acceptors (Lipinski definition) is 4. The summed E-state index contributed by atoms with van der Waals surface area (Å²) >= 11 is 0. The van der Waals surface area contributed by atoms with Crippen molar-refractivity contribution in [3.63, 3.8) is 0 Å². The second-order valence-corrected chi connectivity index (χ2v) is 9.18. The van der Waals surface area contributed by atoms with E-state index in [1.165, 1.54) is 6.21 Å². The normalized spacial score (nSPS) is 11.5. The van der Waals surface area contributed by atoms with Crippen molar-refractivity contribution in [2.75, 3.05) is 10.8 Å². The summed E-state index contributed by atoms with van der Waals surface area (Å²) < 4.78 is 27.8. The zero-order chi connectivity index (χ0) is 22.4. The molecule has 0 bridgehead atoms. The molecule has 6 nitrogen and oxygen atoms in total. The molecule has 1 amide bonds. The lowest BCUT2D eigenvalue weighted by Gasteiger charge is -2.25. The Hall–Kier alpha value is -3.45. The third kappa shape index (κ3) is 5.58. The molecule has 160 valence electrons. The molecule has 31 heavy (non-hydrogen) atoms. The number of nitrogens with zero attached hydrogens (tertiary/aromatic N) is 2. The number of hydrogen-bond donors (Lipinski definition) is 1. The van der Waals surface area contributed by atoms with E-state index in [-0.39, 0.29) is 4.90 Å². The van der Waals surface area contributed by atoms with E-state index < -0.39 is 22.5 Å². The summed E-state index contributed by atoms with van der Waals surface area (Å²) in [6.45, 7) is 5.28. The van der Waals surface area contributed by atoms with Gasteiger partial charge in [-0.1, -0.05) is 65.7 Å². The standard InChI is InChI=1S/C24H25N3O3S/c1-18-8-12-21(13-9-18)16-25-26-24(28)17-27(23-7-5-4-6-20(23)3)31(29,30)22-14-10-19(2)11-15-22/h4-16H,17H2,1-3H3,(H,26,28)/b25-16-. The lowest BCUT2D eigenvalue weighted by atomic mass is 10.2. The topological polar surface area (TPSA) is 78.8 Å².